The molecule has 0 amide bonds. The molecule has 8 N–H and O–H groups in total. The second kappa shape index (κ2) is 34.6. The van der Waals surface area contributed by atoms with E-state index >= 15 is 0 Å². The van der Waals surface area contributed by atoms with Gasteiger partial charge in [0.1, 0.15) is 28.8 Å². The zero-order valence-electron chi connectivity index (χ0n) is 47.5. The monoisotopic (exact) mass is 1270 g/mol. The lowest BCUT2D eigenvalue weighted by atomic mass is 10.1. The van der Waals surface area contributed by atoms with Crippen molar-refractivity contribution in [2.24, 2.45) is 0 Å². The molecular weight excluding hydrogens is 1170 g/mol. The van der Waals surface area contributed by atoms with Crippen LogP contribution in [-0.4, -0.2) is 333 Å². The third-order valence-electron chi connectivity index (χ3n) is 14.6. The molecule has 0 radical (unpaired) electrons. The maximum atomic E-state index is 13.0. The molecule has 0 aromatic heterocycles. The number of aliphatic hydroxyl groups is 3. The Balaban J connectivity index is 2.13. The van der Waals surface area contributed by atoms with E-state index in [1.807, 2.05) is 30.8 Å². The lowest BCUT2D eigenvalue weighted by molar-refractivity contribution is -0.890. The van der Waals surface area contributed by atoms with Crippen LogP contribution in [0.5, 0.6) is 0 Å². The number of unbranched alkanes of at least 4 members (excludes halogenated alkanes) is 7. The number of hydrogen-bond acceptors (Lipinski definition) is 22. The summed E-state index contributed by atoms with van der Waals surface area (Å²) in [5, 5.41) is 31.1. The molecule has 0 aromatic rings. The van der Waals surface area contributed by atoms with E-state index in [2.05, 4.69) is 6.92 Å². The molecule has 6 unspecified atom stereocenters. The van der Waals surface area contributed by atoms with E-state index in [-0.39, 0.29) is 97.5 Å². The first kappa shape index (κ1) is 73.5. The molecule has 476 valence electrons. The summed E-state index contributed by atoms with van der Waals surface area (Å²) in [6.45, 7) is 8.18. The highest BCUT2D eigenvalue weighted by Crippen LogP contribution is 2.29. The van der Waals surface area contributed by atoms with Crippen LogP contribution in [0.15, 0.2) is 0 Å². The van der Waals surface area contributed by atoms with Crippen LogP contribution in [0, 0.1) is 0 Å². The van der Waals surface area contributed by atoms with Crippen molar-refractivity contribution in [2.75, 3.05) is 174 Å². The predicted molar refractivity (Wildman–Crippen MR) is 303 cm³/mol. The Hall–Kier alpha value is -0.753. The van der Waals surface area contributed by atoms with Crippen LogP contribution in [0.25, 0.3) is 0 Å². The van der Waals surface area contributed by atoms with E-state index in [9.17, 15) is 80.2 Å². The van der Waals surface area contributed by atoms with Crippen LogP contribution in [-0.2, 0) is 63.9 Å². The number of quaternary nitrogens is 1. The van der Waals surface area contributed by atoms with Gasteiger partial charge in [-0.25, -0.2) is 0 Å². The molecule has 3 fully saturated rings. The molecule has 3 aliphatic heterocycles. The van der Waals surface area contributed by atoms with E-state index in [1.165, 1.54) is 12.8 Å². The highest BCUT2D eigenvalue weighted by atomic mass is 32.2. The first-order chi connectivity index (χ1) is 37.0. The first-order valence-electron chi connectivity index (χ1n) is 28.0. The minimum absolute atomic E-state index is 0.116. The Morgan fingerprint density at radius 3 is 0.938 bits per heavy atom. The third kappa shape index (κ3) is 34.4. The number of β-amino-alcohol motifs (C(OH)–C–C–N with tert-alkyl or cyclic N) is 3. The molecular formula is C46H98N7O21S5Si+. The summed E-state index contributed by atoms with van der Waals surface area (Å²) in [6.07, 6.45) is 1.63. The summed E-state index contributed by atoms with van der Waals surface area (Å²) in [7, 11) is -24.5. The van der Waals surface area contributed by atoms with Crippen LogP contribution >= 0.6 is 0 Å². The van der Waals surface area contributed by atoms with Gasteiger partial charge in [-0.15, -0.1) is 0 Å². The summed E-state index contributed by atoms with van der Waals surface area (Å²) in [4.78, 5) is 10.9. The van der Waals surface area contributed by atoms with Crippen LogP contribution < -0.4 is 0 Å². The minimum atomic E-state index is -4.90. The molecule has 0 spiro atoms. The van der Waals surface area contributed by atoms with Gasteiger partial charge in [0.15, 0.2) is 0 Å². The second-order valence-electron chi connectivity index (χ2n) is 22.8. The molecule has 3 aliphatic rings. The summed E-state index contributed by atoms with van der Waals surface area (Å²) in [5.74, 6) is -4.90. The largest absolute Gasteiger partial charge is 0.502 e. The topological polar surface area (TPSA) is 380 Å². The normalized spacial score (nSPS) is 21.2. The Labute approximate surface area is 478 Å². The molecule has 0 aromatic carbocycles. The molecule has 34 heteroatoms. The smallest absolute Gasteiger partial charge is 0.392 e. The van der Waals surface area contributed by atoms with Crippen molar-refractivity contribution in [2.45, 2.75) is 121 Å². The van der Waals surface area contributed by atoms with Gasteiger partial charge in [0.05, 0.1) is 63.8 Å². The van der Waals surface area contributed by atoms with Gasteiger partial charge in [-0.1, -0.05) is 52.4 Å². The van der Waals surface area contributed by atoms with Gasteiger partial charge in [-0.3, -0.25) is 52.2 Å². The maximum Gasteiger partial charge on any atom is 0.502 e. The summed E-state index contributed by atoms with van der Waals surface area (Å²) >= 11 is 0. The predicted octanol–water partition coefficient (Wildman–Crippen LogP) is -1.53. The lowest BCUT2D eigenvalue weighted by Crippen LogP contribution is -2.60. The summed E-state index contributed by atoms with van der Waals surface area (Å²) in [5.41, 5.74) is 0. The molecule has 28 nitrogen and oxygen atoms in total. The molecule has 3 heterocycles. The van der Waals surface area contributed by atoms with E-state index in [1.54, 1.807) is 19.6 Å². The first-order valence-corrected chi connectivity index (χ1v) is 38.0. The van der Waals surface area contributed by atoms with Crippen molar-refractivity contribution in [3.05, 3.63) is 0 Å². The van der Waals surface area contributed by atoms with Crippen molar-refractivity contribution in [1.29, 1.82) is 0 Å². The summed E-state index contributed by atoms with van der Waals surface area (Å²) in [6, 6.07) is -0.181. The van der Waals surface area contributed by atoms with E-state index in [0.717, 1.165) is 45.1 Å². The van der Waals surface area contributed by atoms with Crippen molar-refractivity contribution in [1.82, 2.24) is 29.4 Å². The quantitative estimate of drug-likeness (QED) is 0.0149. The van der Waals surface area contributed by atoms with Crippen LogP contribution in [0.1, 0.15) is 78.1 Å². The van der Waals surface area contributed by atoms with Crippen LogP contribution in [0.3, 0.4) is 0 Å². The Morgan fingerprint density at radius 1 is 0.388 bits per heavy atom. The van der Waals surface area contributed by atoms with Gasteiger partial charge in [0, 0.05) is 130 Å². The molecule has 0 aliphatic carbocycles. The van der Waals surface area contributed by atoms with E-state index in [4.69, 9.17) is 13.3 Å². The zero-order valence-corrected chi connectivity index (χ0v) is 52.6. The number of aliphatic hydroxyl groups excluding tert-OH is 3. The highest BCUT2D eigenvalue weighted by molar-refractivity contribution is 7.86. The van der Waals surface area contributed by atoms with Crippen LogP contribution in [0.2, 0.25) is 6.04 Å². The standard InChI is InChI=1S/C46H97N7O21S5Si/c1-5-7-8-9-10-11-12-13-27-53(3,4)28-14-29-80(72-44(38-77(63,64)65)33-50-21-15-47(16-22-50)30-41(54)6-2,73-45(39-78(66,67)68)34-51-23-17-48(18-24-51)31-42(55)36-75(57,58)59)74-46(40-79(69,70)71)35-52-25-19-49(20-26-52)32-43(56)37-76(60,61)62/h41-46,54-56H,5-40H2,1-4H3,(H4-,57,58,59,60,61,62,63,64,65,66,67,68,69,70,71)/p+1. The Kier molecular flexibility index (Phi) is 31.7. The van der Waals surface area contributed by atoms with Crippen molar-refractivity contribution >= 4 is 59.4 Å². The van der Waals surface area contributed by atoms with Crippen molar-refractivity contribution < 1.29 is 97.9 Å². The van der Waals surface area contributed by atoms with Crippen LogP contribution in [0.4, 0.5) is 0 Å². The fourth-order valence-electron chi connectivity index (χ4n) is 10.5. The summed E-state index contributed by atoms with van der Waals surface area (Å²) < 4.78 is 195. The second-order valence-corrected chi connectivity index (χ2v) is 32.8. The van der Waals surface area contributed by atoms with Gasteiger partial charge in [0.25, 0.3) is 50.6 Å². The maximum absolute atomic E-state index is 13.0. The third-order valence-corrected chi connectivity index (χ3v) is 21.6. The number of rotatable bonds is 42. The molecule has 3 rings (SSSR count). The average molecular weight is 1270 g/mol. The highest BCUT2D eigenvalue weighted by Gasteiger charge is 2.50. The molecule has 0 saturated carbocycles. The Bertz CT molecular complexity index is 2240. The number of piperazine rings is 3. The van der Waals surface area contributed by atoms with Gasteiger partial charge < -0.3 is 33.1 Å². The number of hydrogen-bond donors (Lipinski definition) is 8. The van der Waals surface area contributed by atoms with Gasteiger partial charge in [0.2, 0.25) is 0 Å². The average Bonchev–Trinajstić information content (AvgIpc) is 3.28. The molecule has 80 heavy (non-hydrogen) atoms. The number of nitrogens with zero attached hydrogens (tertiary/aromatic N) is 7. The Morgan fingerprint density at radius 2 is 0.650 bits per heavy atom. The molecule has 3 saturated heterocycles. The van der Waals surface area contributed by atoms with Gasteiger partial charge in [-0.2, -0.15) is 42.1 Å². The van der Waals surface area contributed by atoms with Crippen molar-refractivity contribution in [3.63, 3.8) is 0 Å². The lowest BCUT2D eigenvalue weighted by Gasteiger charge is -2.43. The fraction of sp³-hybridized carbons (Fsp3) is 1.00. The SMILES string of the molecule is CCCCCCCCCC[N+](C)(C)CCC[Si](OC(CN1CCN(CC(O)CC)CC1)CS(=O)(=O)O)(OC(CN1CCN(CC(O)CS(=O)(=O)O)CC1)CS(=O)(=O)O)OC(CN1CCN(CC(O)CS(=O)(=O)O)CC1)CS(=O)(=O)O. The van der Waals surface area contributed by atoms with Gasteiger partial charge in [-0.05, 0) is 19.3 Å². The minimum Gasteiger partial charge on any atom is -0.392 e. The molecule has 6 atom stereocenters. The van der Waals surface area contributed by atoms with Crippen molar-refractivity contribution in [3.8, 4) is 0 Å². The van der Waals surface area contributed by atoms with E-state index < -0.39 is 125 Å². The van der Waals surface area contributed by atoms with Gasteiger partial charge >= 0.3 is 8.80 Å². The molecule has 0 bridgehead atoms. The zero-order chi connectivity index (χ0) is 60.0. The van der Waals surface area contributed by atoms with E-state index in [0.29, 0.717) is 50.2 Å². The fourth-order valence-corrected chi connectivity index (χ4v) is 17.1.